The minimum Gasteiger partial charge on any atom is -0.507 e. The summed E-state index contributed by atoms with van der Waals surface area (Å²) in [5.74, 6) is 1.99. The first-order valence-electron chi connectivity index (χ1n) is 23.6. The van der Waals surface area contributed by atoms with Crippen molar-refractivity contribution in [3.05, 3.63) is 157 Å². The maximum Gasteiger partial charge on any atom is 0.325 e. The van der Waals surface area contributed by atoms with E-state index in [1.165, 1.54) is 5.19 Å². The zero-order valence-electron chi connectivity index (χ0n) is 41.3. The summed E-state index contributed by atoms with van der Waals surface area (Å²) < 4.78 is 10.9. The highest BCUT2D eigenvalue weighted by Gasteiger charge is 2.31. The lowest BCUT2D eigenvalue weighted by molar-refractivity contribution is 0.446. The van der Waals surface area contributed by atoms with Gasteiger partial charge in [0.05, 0.1) is 36.1 Å². The van der Waals surface area contributed by atoms with E-state index in [2.05, 4.69) is 208 Å². The Kier molecular flexibility index (Phi) is 10.5. The average molecular weight is 913 g/mol. The first kappa shape index (κ1) is 44.7. The van der Waals surface area contributed by atoms with Gasteiger partial charge in [0.15, 0.2) is 11.4 Å². The number of rotatable bonds is 7. The predicted octanol–water partition coefficient (Wildman–Crippen LogP) is 14.7. The van der Waals surface area contributed by atoms with Crippen molar-refractivity contribution in [1.29, 1.82) is 0 Å². The zero-order chi connectivity index (χ0) is 48.1. The molecular formula is C59H60N6O2Si. The van der Waals surface area contributed by atoms with Crippen LogP contribution in [0.25, 0.3) is 89.7 Å². The number of para-hydroxylation sites is 1. The predicted molar refractivity (Wildman–Crippen MR) is 283 cm³/mol. The highest BCUT2D eigenvalue weighted by molar-refractivity contribution is 6.88. The third kappa shape index (κ3) is 7.92. The molecule has 0 atom stereocenters. The molecule has 0 saturated carbocycles. The summed E-state index contributed by atoms with van der Waals surface area (Å²) in [5.41, 5.74) is 13.6. The number of pyridine rings is 1. The molecule has 10 aromatic rings. The van der Waals surface area contributed by atoms with Crippen LogP contribution in [0.15, 0.2) is 144 Å². The molecular weight excluding hydrogens is 853 g/mol. The van der Waals surface area contributed by atoms with Gasteiger partial charge in [-0.05, 0) is 75.5 Å². The Morgan fingerprint density at radius 3 is 1.93 bits per heavy atom. The van der Waals surface area contributed by atoms with Gasteiger partial charge in [-0.15, -0.1) is 5.10 Å². The van der Waals surface area contributed by atoms with Crippen molar-refractivity contribution in [3.63, 3.8) is 0 Å². The van der Waals surface area contributed by atoms with Crippen LogP contribution < -0.4 is 5.19 Å². The van der Waals surface area contributed by atoms with Crippen LogP contribution in [-0.4, -0.2) is 42.3 Å². The van der Waals surface area contributed by atoms with E-state index in [1.807, 2.05) is 22.8 Å². The monoisotopic (exact) mass is 912 g/mol. The van der Waals surface area contributed by atoms with Crippen molar-refractivity contribution in [2.24, 2.45) is 0 Å². The Hall–Kier alpha value is -7.10. The van der Waals surface area contributed by atoms with Crippen molar-refractivity contribution >= 4 is 41.2 Å². The van der Waals surface area contributed by atoms with Crippen molar-refractivity contribution in [1.82, 2.24) is 29.1 Å². The van der Waals surface area contributed by atoms with E-state index < -0.39 is 8.07 Å². The van der Waals surface area contributed by atoms with Crippen LogP contribution in [0.1, 0.15) is 79.3 Å². The maximum atomic E-state index is 12.6. The summed E-state index contributed by atoms with van der Waals surface area (Å²) in [6.07, 6.45) is 1.87. The lowest BCUT2D eigenvalue weighted by atomic mass is 9.79. The molecule has 0 saturated heterocycles. The van der Waals surface area contributed by atoms with Crippen LogP contribution in [0.3, 0.4) is 0 Å². The molecule has 342 valence electrons. The Morgan fingerprint density at radius 2 is 1.26 bits per heavy atom. The first-order valence-corrected chi connectivity index (χ1v) is 27.1. The number of benzene rings is 6. The summed E-state index contributed by atoms with van der Waals surface area (Å²) in [4.78, 5) is 15.6. The summed E-state index contributed by atoms with van der Waals surface area (Å²) in [7, 11) is -1.75. The second-order valence-electron chi connectivity index (χ2n) is 22.4. The molecule has 1 N–H and O–H groups in total. The molecule has 0 radical (unpaired) electrons. The number of imidazole rings is 1. The van der Waals surface area contributed by atoms with Gasteiger partial charge in [0.25, 0.3) is 0 Å². The van der Waals surface area contributed by atoms with Gasteiger partial charge in [0.1, 0.15) is 17.1 Å². The fourth-order valence-electron chi connectivity index (χ4n) is 9.15. The Morgan fingerprint density at radius 1 is 0.559 bits per heavy atom. The van der Waals surface area contributed by atoms with Gasteiger partial charge in [-0.25, -0.2) is 4.98 Å². The summed E-state index contributed by atoms with van der Waals surface area (Å²) in [6.45, 7) is 26.6. The molecule has 0 unspecified atom stereocenters. The molecule has 0 aliphatic heterocycles. The number of aromatic hydroxyl groups is 1. The van der Waals surface area contributed by atoms with E-state index in [9.17, 15) is 5.11 Å². The number of nitrogens with zero attached hydrogens (tertiary/aromatic N) is 6. The lowest BCUT2D eigenvalue weighted by Crippen LogP contribution is -2.37. The Labute approximate surface area is 400 Å². The first-order chi connectivity index (χ1) is 32.1. The normalized spacial score (nSPS) is 12.8. The fraction of sp³-hybridized carbons (Fsp3) is 0.254. The number of phenolic OH excluding ortho intramolecular Hbond substituents is 1. The highest BCUT2D eigenvalue weighted by atomic mass is 28.3. The highest BCUT2D eigenvalue weighted by Crippen LogP contribution is 2.46. The second kappa shape index (κ2) is 16.0. The number of fused-ring (bicyclic) bond motifs is 4. The molecule has 0 amide bonds. The van der Waals surface area contributed by atoms with Gasteiger partial charge >= 0.3 is 5.84 Å². The molecule has 9 heteroatoms. The molecule has 10 rings (SSSR count). The minimum absolute atomic E-state index is 0.214. The van der Waals surface area contributed by atoms with Gasteiger partial charge in [0.2, 0.25) is 0 Å². The third-order valence-electron chi connectivity index (χ3n) is 13.1. The van der Waals surface area contributed by atoms with Crippen molar-refractivity contribution < 1.29 is 9.52 Å². The SMILES string of the molecule is CC(C)(C)c1cc(-c2nc3c(-c4cc(-c5cc(-c6ccccc6)ccn5)cc5c4oc4nc(C(C)(C)C)nn45)cccc3n2-c2ccc([Si](C)(C)C)cc2-c2ccccc2)c(O)c(C(C)(C)C)c1. The van der Waals surface area contributed by atoms with E-state index in [0.717, 1.165) is 78.0 Å². The summed E-state index contributed by atoms with van der Waals surface area (Å²) in [5, 5.41) is 19.0. The smallest absolute Gasteiger partial charge is 0.325 e. The van der Waals surface area contributed by atoms with E-state index >= 15 is 0 Å². The van der Waals surface area contributed by atoms with E-state index in [0.29, 0.717) is 28.6 Å². The van der Waals surface area contributed by atoms with Gasteiger partial charge in [0, 0.05) is 39.4 Å². The average Bonchev–Trinajstić information content (AvgIpc) is 4.00. The third-order valence-corrected chi connectivity index (χ3v) is 15.1. The second-order valence-corrected chi connectivity index (χ2v) is 27.4. The number of hydrogen-bond donors (Lipinski definition) is 1. The summed E-state index contributed by atoms with van der Waals surface area (Å²) in [6, 6.07) is 47.1. The van der Waals surface area contributed by atoms with Crippen molar-refractivity contribution in [3.8, 4) is 67.5 Å². The van der Waals surface area contributed by atoms with Crippen LogP contribution >= 0.6 is 0 Å². The topological polar surface area (TPSA) is 94.3 Å². The molecule has 0 fully saturated rings. The molecule has 4 heterocycles. The van der Waals surface area contributed by atoms with Crippen molar-refractivity contribution in [2.75, 3.05) is 0 Å². The van der Waals surface area contributed by atoms with Crippen LogP contribution in [0.2, 0.25) is 19.6 Å². The number of aromatic nitrogens is 6. The Balaban J connectivity index is 1.32. The summed E-state index contributed by atoms with van der Waals surface area (Å²) >= 11 is 0. The maximum absolute atomic E-state index is 12.6. The van der Waals surface area contributed by atoms with Gasteiger partial charge in [-0.1, -0.05) is 178 Å². The van der Waals surface area contributed by atoms with Crippen LogP contribution in [0.4, 0.5) is 0 Å². The number of oxazole rings is 1. The molecule has 4 aromatic heterocycles. The standard InChI is InChI=1S/C59H60N6O2Si/c1-57(2,3)40-33-45(52(66)46(34-40)58(4,5)6)54-61-51-42(24-19-25-49(51)64(54)48-27-26-41(68(10,11)12)35-43(48)37-22-17-14-18-23-37)44-30-39(47-31-38(28-29-60-47)36-20-15-13-16-21-36)32-50-53(44)67-56-62-55(59(7,8)9)63-65(50)56/h13-35,66H,1-12H3. The minimum atomic E-state index is -1.75. The Bertz CT molecular complexity index is 3560. The molecule has 0 aliphatic carbocycles. The molecule has 68 heavy (non-hydrogen) atoms. The van der Waals surface area contributed by atoms with E-state index in [4.69, 9.17) is 24.5 Å². The largest absolute Gasteiger partial charge is 0.507 e. The fourth-order valence-corrected chi connectivity index (χ4v) is 10.3. The lowest BCUT2D eigenvalue weighted by Gasteiger charge is -2.28. The van der Waals surface area contributed by atoms with Gasteiger partial charge in [-0.3, -0.25) is 9.55 Å². The molecule has 0 spiro atoms. The zero-order valence-corrected chi connectivity index (χ0v) is 42.3. The van der Waals surface area contributed by atoms with Gasteiger partial charge < -0.3 is 9.52 Å². The number of phenols is 1. The van der Waals surface area contributed by atoms with Crippen LogP contribution in [-0.2, 0) is 16.2 Å². The molecule has 0 aliphatic rings. The van der Waals surface area contributed by atoms with Gasteiger partial charge in [-0.2, -0.15) is 9.50 Å². The molecule has 8 nitrogen and oxygen atoms in total. The number of hydrogen-bond acceptors (Lipinski definition) is 6. The molecule has 0 bridgehead atoms. The van der Waals surface area contributed by atoms with Crippen molar-refractivity contribution in [2.45, 2.75) is 98.2 Å². The van der Waals surface area contributed by atoms with Crippen LogP contribution in [0.5, 0.6) is 5.75 Å². The quantitative estimate of drug-likeness (QED) is 0.160. The van der Waals surface area contributed by atoms with Crippen LogP contribution in [0, 0.1) is 0 Å². The molecule has 6 aromatic carbocycles. The van der Waals surface area contributed by atoms with E-state index in [1.54, 1.807) is 0 Å². The van der Waals surface area contributed by atoms with E-state index in [-0.39, 0.29) is 22.0 Å².